The molecular formula is C19H21Cl2NOS. The number of hydrogen-bond acceptors (Lipinski definition) is 3. The van der Waals surface area contributed by atoms with Gasteiger partial charge in [-0.1, -0.05) is 54.4 Å². The molecule has 0 radical (unpaired) electrons. The summed E-state index contributed by atoms with van der Waals surface area (Å²) in [7, 11) is 0. The van der Waals surface area contributed by atoms with Crippen LogP contribution in [0.2, 0.25) is 10.0 Å². The SMILES string of the molecule is CCCNCC(C=O)SC(c1ccc(Cl)cc1)c1ccc(Cl)cc1. The molecule has 0 amide bonds. The minimum atomic E-state index is -0.118. The van der Waals surface area contributed by atoms with Crippen LogP contribution in [0.3, 0.4) is 0 Å². The zero-order valence-electron chi connectivity index (χ0n) is 13.5. The van der Waals surface area contributed by atoms with Gasteiger partial charge in [0.1, 0.15) is 6.29 Å². The third-order valence-corrected chi connectivity index (χ3v) is 5.53. The van der Waals surface area contributed by atoms with Gasteiger partial charge < -0.3 is 10.1 Å². The highest BCUT2D eigenvalue weighted by Crippen LogP contribution is 2.38. The third-order valence-electron chi connectivity index (χ3n) is 3.58. The molecule has 0 saturated heterocycles. The highest BCUT2D eigenvalue weighted by Gasteiger charge is 2.20. The number of thioether (sulfide) groups is 1. The summed E-state index contributed by atoms with van der Waals surface area (Å²) in [6.07, 6.45) is 2.07. The average Bonchev–Trinajstić information content (AvgIpc) is 2.60. The Labute approximate surface area is 157 Å². The lowest BCUT2D eigenvalue weighted by Gasteiger charge is -2.21. The van der Waals surface area contributed by atoms with Gasteiger partial charge >= 0.3 is 0 Å². The Kier molecular flexibility index (Phi) is 8.13. The molecular weight excluding hydrogens is 361 g/mol. The van der Waals surface area contributed by atoms with Gasteiger partial charge in [0.25, 0.3) is 0 Å². The van der Waals surface area contributed by atoms with Crippen LogP contribution in [-0.2, 0) is 4.79 Å². The number of aldehydes is 1. The van der Waals surface area contributed by atoms with Gasteiger partial charge in [0, 0.05) is 16.6 Å². The lowest BCUT2D eigenvalue weighted by molar-refractivity contribution is -0.107. The van der Waals surface area contributed by atoms with Crippen LogP contribution in [0, 0.1) is 0 Å². The van der Waals surface area contributed by atoms with Gasteiger partial charge in [0.2, 0.25) is 0 Å². The smallest absolute Gasteiger partial charge is 0.134 e. The van der Waals surface area contributed by atoms with E-state index in [9.17, 15) is 4.79 Å². The molecule has 0 fully saturated rings. The van der Waals surface area contributed by atoms with Crippen molar-refractivity contribution in [2.45, 2.75) is 23.8 Å². The number of benzene rings is 2. The number of carbonyl (C=O) groups excluding carboxylic acids is 1. The van der Waals surface area contributed by atoms with Crippen LogP contribution >= 0.6 is 35.0 Å². The summed E-state index contributed by atoms with van der Waals surface area (Å²) in [5.41, 5.74) is 2.24. The van der Waals surface area contributed by atoms with Crippen molar-refractivity contribution in [3.05, 3.63) is 69.7 Å². The fraction of sp³-hybridized carbons (Fsp3) is 0.316. The summed E-state index contributed by atoms with van der Waals surface area (Å²) >= 11 is 13.7. The van der Waals surface area contributed by atoms with Crippen molar-refractivity contribution in [2.75, 3.05) is 13.1 Å². The highest BCUT2D eigenvalue weighted by molar-refractivity contribution is 8.01. The second kappa shape index (κ2) is 10.1. The monoisotopic (exact) mass is 381 g/mol. The average molecular weight is 382 g/mol. The van der Waals surface area contributed by atoms with Gasteiger partial charge in [-0.25, -0.2) is 0 Å². The summed E-state index contributed by atoms with van der Waals surface area (Å²) < 4.78 is 0. The molecule has 0 heterocycles. The molecule has 2 aromatic rings. The fourth-order valence-corrected chi connectivity index (χ4v) is 3.86. The van der Waals surface area contributed by atoms with E-state index in [0.717, 1.165) is 30.4 Å². The summed E-state index contributed by atoms with van der Waals surface area (Å²) in [6, 6.07) is 15.6. The van der Waals surface area contributed by atoms with Crippen LogP contribution in [-0.4, -0.2) is 24.6 Å². The predicted molar refractivity (Wildman–Crippen MR) is 105 cm³/mol. The number of halogens is 2. The molecule has 0 aliphatic heterocycles. The Morgan fingerprint density at radius 1 is 1.00 bits per heavy atom. The van der Waals surface area contributed by atoms with Crippen molar-refractivity contribution < 1.29 is 4.79 Å². The van der Waals surface area contributed by atoms with E-state index in [1.54, 1.807) is 11.8 Å². The molecule has 24 heavy (non-hydrogen) atoms. The molecule has 0 aliphatic carbocycles. The summed E-state index contributed by atoms with van der Waals surface area (Å²) in [4.78, 5) is 11.5. The minimum absolute atomic E-state index is 0.0539. The fourth-order valence-electron chi connectivity index (χ4n) is 2.35. The molecule has 2 rings (SSSR count). The van der Waals surface area contributed by atoms with Gasteiger partial charge in [-0.05, 0) is 48.4 Å². The van der Waals surface area contributed by atoms with Gasteiger partial charge in [-0.15, -0.1) is 11.8 Å². The van der Waals surface area contributed by atoms with Crippen molar-refractivity contribution in [3.8, 4) is 0 Å². The van der Waals surface area contributed by atoms with Gasteiger partial charge in [0.15, 0.2) is 0 Å². The molecule has 128 valence electrons. The number of hydrogen-bond donors (Lipinski definition) is 1. The zero-order chi connectivity index (χ0) is 17.4. The van der Waals surface area contributed by atoms with Gasteiger partial charge in [-0.2, -0.15) is 0 Å². The Morgan fingerprint density at radius 2 is 1.50 bits per heavy atom. The van der Waals surface area contributed by atoms with Crippen molar-refractivity contribution in [3.63, 3.8) is 0 Å². The summed E-state index contributed by atoms with van der Waals surface area (Å²) in [5, 5.41) is 4.66. The quantitative estimate of drug-likeness (QED) is 0.466. The Bertz CT molecular complexity index is 585. The lowest BCUT2D eigenvalue weighted by atomic mass is 10.0. The normalized spacial score (nSPS) is 12.3. The molecule has 2 aromatic carbocycles. The lowest BCUT2D eigenvalue weighted by Crippen LogP contribution is -2.27. The van der Waals surface area contributed by atoms with Crippen LogP contribution in [0.1, 0.15) is 29.7 Å². The van der Waals surface area contributed by atoms with Crippen molar-refractivity contribution in [1.82, 2.24) is 5.32 Å². The van der Waals surface area contributed by atoms with E-state index in [0.29, 0.717) is 16.6 Å². The third kappa shape index (κ3) is 5.82. The van der Waals surface area contributed by atoms with Crippen LogP contribution in [0.15, 0.2) is 48.5 Å². The van der Waals surface area contributed by atoms with E-state index >= 15 is 0 Å². The minimum Gasteiger partial charge on any atom is -0.315 e. The van der Waals surface area contributed by atoms with Crippen LogP contribution in [0.4, 0.5) is 0 Å². The molecule has 1 N–H and O–H groups in total. The number of nitrogens with one attached hydrogen (secondary N) is 1. The first-order valence-corrected chi connectivity index (χ1v) is 9.66. The van der Waals surface area contributed by atoms with Gasteiger partial charge in [-0.3, -0.25) is 0 Å². The standard InChI is InChI=1S/C19H21Cl2NOS/c1-2-11-22-12-18(13-23)24-19(14-3-7-16(20)8-4-14)15-5-9-17(21)10-6-15/h3-10,13,18-19,22H,2,11-12H2,1H3. The van der Waals surface area contributed by atoms with E-state index in [1.165, 1.54) is 0 Å². The molecule has 0 spiro atoms. The van der Waals surface area contributed by atoms with Crippen molar-refractivity contribution >= 4 is 41.2 Å². The summed E-state index contributed by atoms with van der Waals surface area (Å²) in [5.74, 6) is 0. The zero-order valence-corrected chi connectivity index (χ0v) is 15.9. The van der Waals surface area contributed by atoms with E-state index in [-0.39, 0.29) is 10.5 Å². The molecule has 0 saturated carbocycles. The maximum atomic E-state index is 11.5. The number of rotatable bonds is 9. The molecule has 0 aromatic heterocycles. The predicted octanol–water partition coefficient (Wildman–Crippen LogP) is 5.38. The van der Waals surface area contributed by atoms with Crippen LogP contribution < -0.4 is 5.32 Å². The Morgan fingerprint density at radius 3 is 1.92 bits per heavy atom. The highest BCUT2D eigenvalue weighted by atomic mass is 35.5. The maximum absolute atomic E-state index is 11.5. The summed E-state index contributed by atoms with van der Waals surface area (Å²) in [6.45, 7) is 3.69. The Balaban J connectivity index is 2.23. The molecule has 0 aliphatic rings. The van der Waals surface area contributed by atoms with Crippen LogP contribution in [0.25, 0.3) is 0 Å². The second-order valence-corrected chi connectivity index (χ2v) is 7.72. The van der Waals surface area contributed by atoms with E-state index in [2.05, 4.69) is 12.2 Å². The molecule has 5 heteroatoms. The van der Waals surface area contributed by atoms with Gasteiger partial charge in [0.05, 0.1) is 10.5 Å². The van der Waals surface area contributed by atoms with E-state index in [4.69, 9.17) is 23.2 Å². The number of carbonyl (C=O) groups is 1. The molecule has 1 unspecified atom stereocenters. The largest absolute Gasteiger partial charge is 0.315 e. The van der Waals surface area contributed by atoms with E-state index in [1.807, 2.05) is 48.5 Å². The first-order chi connectivity index (χ1) is 11.6. The molecule has 0 bridgehead atoms. The van der Waals surface area contributed by atoms with Crippen LogP contribution in [0.5, 0.6) is 0 Å². The Hall–Kier alpha value is -1.00. The topological polar surface area (TPSA) is 29.1 Å². The van der Waals surface area contributed by atoms with Crippen molar-refractivity contribution in [2.24, 2.45) is 0 Å². The molecule has 1 atom stereocenters. The first kappa shape index (κ1) is 19.3. The van der Waals surface area contributed by atoms with Crippen molar-refractivity contribution in [1.29, 1.82) is 0 Å². The second-order valence-electron chi connectivity index (χ2n) is 5.50. The maximum Gasteiger partial charge on any atom is 0.134 e. The molecule has 2 nitrogen and oxygen atoms in total. The first-order valence-electron chi connectivity index (χ1n) is 7.96. The van der Waals surface area contributed by atoms with E-state index < -0.39 is 0 Å².